The van der Waals surface area contributed by atoms with Gasteiger partial charge in [-0.3, -0.25) is 38.6 Å². The minimum Gasteiger partial charge on any atom is -0.481 e. The van der Waals surface area contributed by atoms with E-state index in [0.29, 0.717) is 43.8 Å². The molecule has 0 aromatic heterocycles. The lowest BCUT2D eigenvalue weighted by Gasteiger charge is -2.29. The summed E-state index contributed by atoms with van der Waals surface area (Å²) in [6, 6.07) is 13.6. The van der Waals surface area contributed by atoms with Crippen LogP contribution in [-0.4, -0.2) is 68.7 Å². The lowest BCUT2D eigenvalue weighted by atomic mass is 9.82. The van der Waals surface area contributed by atoms with Crippen molar-refractivity contribution >= 4 is 78.7 Å². The van der Waals surface area contributed by atoms with Gasteiger partial charge in [0.15, 0.2) is 0 Å². The molecule has 0 atom stereocenters. The first-order chi connectivity index (χ1) is 19.2. The number of carbonyl (C=O) groups is 6. The first-order valence-corrected chi connectivity index (χ1v) is 12.5. The van der Waals surface area contributed by atoms with E-state index < -0.39 is 35.6 Å². The first-order valence-electron chi connectivity index (χ1n) is 12.5. The Kier molecular flexibility index (Phi) is 4.78. The molecule has 0 spiro atoms. The van der Waals surface area contributed by atoms with Gasteiger partial charge < -0.3 is 10.2 Å². The summed E-state index contributed by atoms with van der Waals surface area (Å²) in [7, 11) is 0. The van der Waals surface area contributed by atoms with E-state index in [1.807, 2.05) is 0 Å². The highest BCUT2D eigenvalue weighted by Gasteiger charge is 2.37. The van der Waals surface area contributed by atoms with Crippen molar-refractivity contribution in [1.82, 2.24) is 9.80 Å². The molecule has 0 radical (unpaired) electrons. The molecular weight excluding hydrogens is 516 g/mol. The quantitative estimate of drug-likeness (QED) is 0.189. The Labute approximate surface area is 224 Å². The predicted octanol–water partition coefficient (Wildman–Crippen LogP) is 3.88. The molecule has 2 N–H and O–H groups in total. The first kappa shape index (κ1) is 23.7. The average molecular weight is 534 g/mol. The summed E-state index contributed by atoms with van der Waals surface area (Å²) in [5.41, 5.74) is 1.20. The van der Waals surface area contributed by atoms with Crippen molar-refractivity contribution in [1.29, 1.82) is 0 Å². The fourth-order valence-corrected chi connectivity index (χ4v) is 6.19. The Hall–Kier alpha value is -5.38. The third kappa shape index (κ3) is 2.98. The van der Waals surface area contributed by atoms with Crippen molar-refractivity contribution in [2.45, 2.75) is 12.8 Å². The van der Waals surface area contributed by atoms with Crippen molar-refractivity contribution in [3.8, 4) is 0 Å². The molecule has 5 aromatic rings. The van der Waals surface area contributed by atoms with Crippen LogP contribution in [0.25, 0.3) is 43.1 Å². The van der Waals surface area contributed by atoms with Gasteiger partial charge in [0, 0.05) is 46.1 Å². The molecule has 0 fully saturated rings. The van der Waals surface area contributed by atoms with Crippen molar-refractivity contribution < 1.29 is 39.0 Å². The van der Waals surface area contributed by atoms with Crippen LogP contribution in [0.5, 0.6) is 0 Å². The Morgan fingerprint density at radius 1 is 0.475 bits per heavy atom. The van der Waals surface area contributed by atoms with Gasteiger partial charge in [-0.15, -0.1) is 0 Å². The van der Waals surface area contributed by atoms with Gasteiger partial charge in [-0.1, -0.05) is 24.3 Å². The van der Waals surface area contributed by atoms with E-state index in [1.54, 1.807) is 48.5 Å². The molecule has 10 heteroatoms. The van der Waals surface area contributed by atoms with Crippen molar-refractivity contribution in [2.75, 3.05) is 13.1 Å². The van der Waals surface area contributed by atoms with Crippen LogP contribution in [-0.2, 0) is 9.59 Å². The van der Waals surface area contributed by atoms with Crippen LogP contribution in [0.15, 0.2) is 48.5 Å². The molecule has 0 saturated carbocycles. The molecule has 4 amide bonds. The maximum Gasteiger partial charge on any atom is 0.305 e. The number of hydrogen-bond donors (Lipinski definition) is 2. The molecule has 7 rings (SSSR count). The highest BCUT2D eigenvalue weighted by molar-refractivity contribution is 6.41. The van der Waals surface area contributed by atoms with Crippen molar-refractivity contribution in [3.05, 3.63) is 70.8 Å². The van der Waals surface area contributed by atoms with Gasteiger partial charge >= 0.3 is 11.9 Å². The normalized spacial score (nSPS) is 14.9. The molecule has 0 bridgehead atoms. The Morgan fingerprint density at radius 2 is 0.750 bits per heavy atom. The van der Waals surface area contributed by atoms with E-state index in [-0.39, 0.29) is 25.9 Å². The Balaban J connectivity index is 1.50. The van der Waals surface area contributed by atoms with Gasteiger partial charge in [0.1, 0.15) is 0 Å². The number of carboxylic acid groups (broad SMARTS) is 2. The number of rotatable bonds is 6. The maximum absolute atomic E-state index is 13.3. The summed E-state index contributed by atoms with van der Waals surface area (Å²) in [5, 5.41) is 23.5. The molecule has 2 heterocycles. The fraction of sp³-hybridized carbons (Fsp3) is 0.133. The van der Waals surface area contributed by atoms with E-state index >= 15 is 0 Å². The highest BCUT2D eigenvalue weighted by atomic mass is 16.4. The summed E-state index contributed by atoms with van der Waals surface area (Å²) >= 11 is 0. The number of nitrogens with zero attached hydrogens (tertiary/aromatic N) is 2. The standard InChI is InChI=1S/C30H18N2O8/c33-21(34)9-11-31-27(37)17-5-1-13-14-2-6-19-26-20(30(40)32(29(19)39)12-10-22(35)36)8-4-16(24(14)26)15-3-7-18(28(31)38)25(17)23(13)15/h1-8H,9-12H2,(H,33,34)(H,35,36). The zero-order chi connectivity index (χ0) is 28.0. The number of carboxylic acids is 2. The molecular formula is C30H18N2O8. The van der Waals surface area contributed by atoms with E-state index in [4.69, 9.17) is 10.2 Å². The van der Waals surface area contributed by atoms with E-state index in [2.05, 4.69) is 0 Å². The average Bonchev–Trinajstić information content (AvgIpc) is 2.93. The molecule has 2 aliphatic rings. The summed E-state index contributed by atoms with van der Waals surface area (Å²) < 4.78 is 0. The summed E-state index contributed by atoms with van der Waals surface area (Å²) in [6.07, 6.45) is -0.728. The van der Waals surface area contributed by atoms with Crippen molar-refractivity contribution in [3.63, 3.8) is 0 Å². The van der Waals surface area contributed by atoms with Crippen molar-refractivity contribution in [2.24, 2.45) is 0 Å². The second-order valence-corrected chi connectivity index (χ2v) is 9.95. The zero-order valence-electron chi connectivity index (χ0n) is 20.7. The van der Waals surface area contributed by atoms with Crippen LogP contribution >= 0.6 is 0 Å². The van der Waals surface area contributed by atoms with Gasteiger partial charge in [-0.2, -0.15) is 0 Å². The topological polar surface area (TPSA) is 149 Å². The van der Waals surface area contributed by atoms with Gasteiger partial charge in [0.05, 0.1) is 12.8 Å². The van der Waals surface area contributed by atoms with Gasteiger partial charge in [-0.05, 0) is 56.6 Å². The molecule has 2 aliphatic heterocycles. The second-order valence-electron chi connectivity index (χ2n) is 9.95. The van der Waals surface area contributed by atoms with Crippen LogP contribution < -0.4 is 0 Å². The fourth-order valence-electron chi connectivity index (χ4n) is 6.19. The van der Waals surface area contributed by atoms with E-state index in [1.165, 1.54) is 0 Å². The van der Waals surface area contributed by atoms with Gasteiger partial charge in [-0.25, -0.2) is 0 Å². The molecule has 5 aromatic carbocycles. The van der Waals surface area contributed by atoms with Gasteiger partial charge in [0.2, 0.25) is 0 Å². The zero-order valence-corrected chi connectivity index (χ0v) is 20.7. The largest absolute Gasteiger partial charge is 0.481 e. The SMILES string of the molecule is O=C(O)CCN1C(=O)c2ccc3c4ccc5c6c(ccc(c7ccc(c2c37)C1=O)c64)C(=O)N(CCC(=O)O)C5=O. The van der Waals surface area contributed by atoms with E-state index in [9.17, 15) is 28.8 Å². The summed E-state index contributed by atoms with van der Waals surface area (Å²) in [5.74, 6) is -4.47. The molecule has 196 valence electrons. The number of benzene rings is 5. The van der Waals surface area contributed by atoms with Crippen LogP contribution in [0.3, 0.4) is 0 Å². The molecule has 0 saturated heterocycles. The molecule has 0 aliphatic carbocycles. The number of fused-ring (bicyclic) bond motifs is 2. The smallest absolute Gasteiger partial charge is 0.305 e. The monoisotopic (exact) mass is 534 g/mol. The summed E-state index contributed by atoms with van der Waals surface area (Å²) in [6.45, 7) is -0.479. The van der Waals surface area contributed by atoms with E-state index in [0.717, 1.165) is 31.3 Å². The third-order valence-electron chi connectivity index (χ3n) is 7.90. The predicted molar refractivity (Wildman–Crippen MR) is 143 cm³/mol. The number of imide groups is 2. The van der Waals surface area contributed by atoms with Crippen LogP contribution in [0.2, 0.25) is 0 Å². The molecule has 40 heavy (non-hydrogen) atoms. The lowest BCUT2D eigenvalue weighted by Crippen LogP contribution is -2.41. The Bertz CT molecular complexity index is 1790. The third-order valence-corrected chi connectivity index (χ3v) is 7.90. The molecule has 0 unspecified atom stereocenters. The van der Waals surface area contributed by atoms with Crippen LogP contribution in [0, 0.1) is 0 Å². The Morgan fingerprint density at radius 3 is 1.00 bits per heavy atom. The minimum absolute atomic E-state index is 0.239. The maximum atomic E-state index is 13.3. The van der Waals surface area contributed by atoms with Gasteiger partial charge in [0.25, 0.3) is 23.6 Å². The minimum atomic E-state index is -1.12. The lowest BCUT2D eigenvalue weighted by molar-refractivity contribution is -0.138. The highest BCUT2D eigenvalue weighted by Crippen LogP contribution is 2.46. The number of carbonyl (C=O) groups excluding carboxylic acids is 4. The van der Waals surface area contributed by atoms with Crippen LogP contribution in [0.1, 0.15) is 54.3 Å². The number of amides is 4. The number of aliphatic carboxylic acids is 2. The van der Waals surface area contributed by atoms with Crippen LogP contribution in [0.4, 0.5) is 0 Å². The number of hydrogen-bond acceptors (Lipinski definition) is 6. The summed E-state index contributed by atoms with van der Waals surface area (Å²) in [4.78, 5) is 77.4. The molecule has 10 nitrogen and oxygen atoms in total. The second kappa shape index (κ2) is 8.06.